The van der Waals surface area contributed by atoms with Gasteiger partial charge >= 0.3 is 0 Å². The van der Waals surface area contributed by atoms with Crippen LogP contribution in [0.25, 0.3) is 0 Å². The van der Waals surface area contributed by atoms with E-state index in [9.17, 15) is 19.2 Å². The summed E-state index contributed by atoms with van der Waals surface area (Å²) in [6.07, 6.45) is 0.0412. The molecule has 0 aliphatic carbocycles. The summed E-state index contributed by atoms with van der Waals surface area (Å²) in [4.78, 5) is 57.5. The second kappa shape index (κ2) is 6.25. The molecule has 8 nitrogen and oxygen atoms in total. The van der Waals surface area contributed by atoms with Crippen molar-refractivity contribution < 1.29 is 19.2 Å². The summed E-state index contributed by atoms with van der Waals surface area (Å²) in [5.74, 6) is -1.95. The van der Waals surface area contributed by atoms with Crippen LogP contribution in [0.3, 0.4) is 0 Å². The highest BCUT2D eigenvalue weighted by molar-refractivity contribution is 5.95. The van der Waals surface area contributed by atoms with Gasteiger partial charge in [0.25, 0.3) is 0 Å². The lowest BCUT2D eigenvalue weighted by molar-refractivity contribution is -0.145. The van der Waals surface area contributed by atoms with Gasteiger partial charge in [0.05, 0.1) is 11.8 Å². The minimum absolute atomic E-state index is 0.0206. The molecule has 4 amide bonds. The van der Waals surface area contributed by atoms with E-state index >= 15 is 0 Å². The van der Waals surface area contributed by atoms with Gasteiger partial charge in [-0.1, -0.05) is 0 Å². The zero-order valence-electron chi connectivity index (χ0n) is 15.4. The van der Waals surface area contributed by atoms with Crippen LogP contribution in [-0.2, 0) is 19.2 Å². The van der Waals surface area contributed by atoms with Crippen LogP contribution in [0.1, 0.15) is 26.7 Å². The normalized spacial score (nSPS) is 27.8. The molecule has 4 rings (SSSR count). The van der Waals surface area contributed by atoms with Crippen LogP contribution in [0.15, 0.2) is 0 Å². The number of nitrogens with zero attached hydrogens (tertiary/aromatic N) is 4. The summed E-state index contributed by atoms with van der Waals surface area (Å²) in [7, 11) is 0. The lowest BCUT2D eigenvalue weighted by Crippen LogP contribution is -2.40. The molecule has 4 fully saturated rings. The molecule has 4 saturated heterocycles. The summed E-state index contributed by atoms with van der Waals surface area (Å²) >= 11 is 0. The Kier molecular flexibility index (Phi) is 4.16. The van der Waals surface area contributed by atoms with Gasteiger partial charge in [0, 0.05) is 64.2 Å². The van der Waals surface area contributed by atoms with Crippen LogP contribution in [0.5, 0.6) is 0 Å². The monoisotopic (exact) mass is 362 g/mol. The van der Waals surface area contributed by atoms with Crippen molar-refractivity contribution in [2.24, 2.45) is 11.8 Å². The molecule has 8 heteroatoms. The molecule has 26 heavy (non-hydrogen) atoms. The molecule has 0 bridgehead atoms. The van der Waals surface area contributed by atoms with Crippen molar-refractivity contribution >= 4 is 23.6 Å². The Balaban J connectivity index is 1.52. The fourth-order valence-electron chi connectivity index (χ4n) is 3.59. The van der Waals surface area contributed by atoms with Gasteiger partial charge in [0.1, 0.15) is 0 Å². The average molecular weight is 362 g/mol. The molecular formula is C18H26N4O4. The van der Waals surface area contributed by atoms with Crippen LogP contribution in [-0.4, -0.2) is 94.6 Å². The Bertz CT molecular complexity index is 602. The van der Waals surface area contributed by atoms with Crippen molar-refractivity contribution in [2.75, 3.05) is 39.3 Å². The first-order valence-corrected chi connectivity index (χ1v) is 9.53. The van der Waals surface area contributed by atoms with Crippen molar-refractivity contribution in [1.29, 1.82) is 0 Å². The van der Waals surface area contributed by atoms with Crippen LogP contribution in [0, 0.1) is 11.8 Å². The minimum Gasteiger partial charge on any atom is -0.339 e. The number of carbonyl (C=O) groups excluding carboxylic acids is 4. The Morgan fingerprint density at radius 3 is 1.27 bits per heavy atom. The predicted molar refractivity (Wildman–Crippen MR) is 91.7 cm³/mol. The van der Waals surface area contributed by atoms with E-state index < -0.39 is 11.8 Å². The molecule has 4 heterocycles. The minimum atomic E-state index is -0.731. The largest absolute Gasteiger partial charge is 0.339 e. The lowest BCUT2D eigenvalue weighted by atomic mass is 9.84. The third kappa shape index (κ3) is 3.54. The molecule has 4 aliphatic rings. The first kappa shape index (κ1) is 17.3. The maximum atomic E-state index is 12.8. The maximum absolute atomic E-state index is 12.8. The zero-order valence-corrected chi connectivity index (χ0v) is 15.4. The molecule has 0 N–H and O–H groups in total. The van der Waals surface area contributed by atoms with E-state index in [-0.39, 0.29) is 48.6 Å². The van der Waals surface area contributed by atoms with Crippen LogP contribution in [0.4, 0.5) is 0 Å². The fourth-order valence-corrected chi connectivity index (χ4v) is 3.59. The van der Waals surface area contributed by atoms with Crippen molar-refractivity contribution in [3.63, 3.8) is 0 Å². The molecular weight excluding hydrogens is 336 g/mol. The van der Waals surface area contributed by atoms with Gasteiger partial charge in [-0.2, -0.15) is 0 Å². The van der Waals surface area contributed by atoms with Crippen LogP contribution >= 0.6 is 0 Å². The molecule has 0 aromatic carbocycles. The summed E-state index contributed by atoms with van der Waals surface area (Å²) in [6, 6.07) is 0.418. The number of carbonyl (C=O) groups is 4. The molecule has 0 saturated carbocycles. The lowest BCUT2D eigenvalue weighted by Gasteiger charge is -2.25. The molecule has 4 atom stereocenters. The van der Waals surface area contributed by atoms with Gasteiger partial charge in [0.2, 0.25) is 23.6 Å². The van der Waals surface area contributed by atoms with E-state index in [0.29, 0.717) is 39.3 Å². The van der Waals surface area contributed by atoms with E-state index in [4.69, 9.17) is 0 Å². The molecule has 0 aromatic heterocycles. The Labute approximate surface area is 153 Å². The van der Waals surface area contributed by atoms with Crippen molar-refractivity contribution in [2.45, 2.75) is 38.8 Å². The molecule has 4 aliphatic heterocycles. The summed E-state index contributed by atoms with van der Waals surface area (Å²) in [5.41, 5.74) is 0. The molecule has 0 radical (unpaired) electrons. The SMILES string of the molecule is CC1CN1C(=O)CC(C(=O)N1CC1)C(CC(=O)N1CC1C)C(=O)N1CC1. The van der Waals surface area contributed by atoms with Gasteiger partial charge in [-0.15, -0.1) is 0 Å². The Morgan fingerprint density at radius 2 is 1.04 bits per heavy atom. The highest BCUT2D eigenvalue weighted by Crippen LogP contribution is 2.32. The molecule has 142 valence electrons. The topological polar surface area (TPSA) is 80.3 Å². The van der Waals surface area contributed by atoms with Crippen LogP contribution in [0.2, 0.25) is 0 Å². The molecule has 0 aromatic rings. The number of hydrogen-bond donors (Lipinski definition) is 0. The second-order valence-electron chi connectivity index (χ2n) is 8.06. The second-order valence-corrected chi connectivity index (χ2v) is 8.06. The number of amides is 4. The van der Waals surface area contributed by atoms with Gasteiger partial charge < -0.3 is 19.6 Å². The van der Waals surface area contributed by atoms with Gasteiger partial charge in [-0.3, -0.25) is 19.2 Å². The first-order valence-electron chi connectivity index (χ1n) is 9.53. The highest BCUT2D eigenvalue weighted by atomic mass is 16.2. The Hall–Kier alpha value is -2.12. The predicted octanol–water partition coefficient (Wildman–Crippen LogP) is -0.855. The van der Waals surface area contributed by atoms with E-state index in [0.717, 1.165) is 0 Å². The summed E-state index contributed by atoms with van der Waals surface area (Å²) in [5, 5.41) is 0. The zero-order chi connectivity index (χ0) is 18.6. The van der Waals surface area contributed by atoms with Crippen molar-refractivity contribution in [3.05, 3.63) is 0 Å². The number of hydrogen-bond acceptors (Lipinski definition) is 4. The van der Waals surface area contributed by atoms with Gasteiger partial charge in [-0.25, -0.2) is 0 Å². The van der Waals surface area contributed by atoms with Crippen molar-refractivity contribution in [3.8, 4) is 0 Å². The highest BCUT2D eigenvalue weighted by Gasteiger charge is 2.47. The van der Waals surface area contributed by atoms with E-state index in [1.54, 1.807) is 19.6 Å². The third-order valence-corrected chi connectivity index (χ3v) is 5.79. The number of rotatable bonds is 7. The van der Waals surface area contributed by atoms with E-state index in [1.165, 1.54) is 0 Å². The Morgan fingerprint density at radius 1 is 0.731 bits per heavy atom. The van der Waals surface area contributed by atoms with Gasteiger partial charge in [0.15, 0.2) is 0 Å². The summed E-state index contributed by atoms with van der Waals surface area (Å²) in [6.45, 7) is 8.02. The average Bonchev–Trinajstić information content (AvgIpc) is 3.44. The third-order valence-electron chi connectivity index (χ3n) is 5.79. The van der Waals surface area contributed by atoms with E-state index in [2.05, 4.69) is 0 Å². The van der Waals surface area contributed by atoms with Gasteiger partial charge in [-0.05, 0) is 13.8 Å². The fraction of sp³-hybridized carbons (Fsp3) is 0.778. The van der Waals surface area contributed by atoms with E-state index in [1.807, 2.05) is 13.8 Å². The van der Waals surface area contributed by atoms with Crippen molar-refractivity contribution in [1.82, 2.24) is 19.6 Å². The molecule has 0 spiro atoms. The smallest absolute Gasteiger partial charge is 0.227 e. The first-order chi connectivity index (χ1) is 12.4. The standard InChI is InChI=1S/C18H26N4O4/c1-11-9-21(11)15(23)7-13(17(25)19-3-4-19)14(18(26)20-5-6-20)8-16(24)22-10-12(22)2/h11-14H,3-10H2,1-2H3. The maximum Gasteiger partial charge on any atom is 0.227 e. The summed E-state index contributed by atoms with van der Waals surface area (Å²) < 4.78 is 0. The molecule has 4 unspecified atom stereocenters. The van der Waals surface area contributed by atoms with Crippen LogP contribution < -0.4 is 0 Å². The quantitative estimate of drug-likeness (QED) is 0.552.